The van der Waals surface area contributed by atoms with E-state index in [1.165, 1.54) is 6.07 Å². The number of hydrogen-bond donors (Lipinski definition) is 1. The molecule has 3 heteroatoms. The zero-order valence-electron chi connectivity index (χ0n) is 9.07. The van der Waals surface area contributed by atoms with Gasteiger partial charge in [0.2, 0.25) is 0 Å². The fraction of sp³-hybridized carbons (Fsp3) is 0.500. The Kier molecular flexibility index (Phi) is 2.65. The largest absolute Gasteiger partial charge is 0.391 e. The van der Waals surface area contributed by atoms with Crippen molar-refractivity contribution in [2.75, 3.05) is 11.4 Å². The van der Waals surface area contributed by atoms with Gasteiger partial charge < -0.3 is 10.0 Å². The molecule has 2 rings (SSSR count). The number of hydrogen-bond acceptors (Lipinski definition) is 2. The van der Waals surface area contributed by atoms with Crippen LogP contribution in [0.2, 0.25) is 0 Å². The van der Waals surface area contributed by atoms with Crippen molar-refractivity contribution in [3.63, 3.8) is 0 Å². The summed E-state index contributed by atoms with van der Waals surface area (Å²) in [4.78, 5) is 2.07. The number of nitrogens with zero attached hydrogens (tertiary/aromatic N) is 1. The van der Waals surface area contributed by atoms with E-state index in [1.54, 1.807) is 13.0 Å². The number of fused-ring (bicyclic) bond motifs is 1. The lowest BCUT2D eigenvalue weighted by atomic mass is 10.1. The van der Waals surface area contributed by atoms with Gasteiger partial charge in [-0.2, -0.15) is 0 Å². The smallest absolute Gasteiger partial charge is 0.128 e. The van der Waals surface area contributed by atoms with Gasteiger partial charge in [-0.3, -0.25) is 0 Å². The number of likely N-dealkylation sites (N-methyl/N-ethyl adjacent to an activating group) is 1. The molecule has 1 aliphatic heterocycles. The zero-order chi connectivity index (χ0) is 11.0. The lowest BCUT2D eigenvalue weighted by Gasteiger charge is -2.28. The predicted octanol–water partition coefficient (Wildman–Crippen LogP) is 1.96. The maximum Gasteiger partial charge on any atom is 0.128 e. The minimum absolute atomic E-state index is 0.0156. The Labute approximate surface area is 89.3 Å². The summed E-state index contributed by atoms with van der Waals surface area (Å²) in [6.45, 7) is 4.58. The van der Waals surface area contributed by atoms with Crippen LogP contribution in [0, 0.1) is 5.82 Å². The van der Waals surface area contributed by atoms with Crippen molar-refractivity contribution in [1.29, 1.82) is 0 Å². The summed E-state index contributed by atoms with van der Waals surface area (Å²) in [6, 6.07) is 5.14. The van der Waals surface area contributed by atoms with Gasteiger partial charge in [-0.05, 0) is 26.0 Å². The maximum atomic E-state index is 13.5. The maximum absolute atomic E-state index is 13.5. The van der Waals surface area contributed by atoms with E-state index in [0.29, 0.717) is 6.42 Å². The highest BCUT2D eigenvalue weighted by Crippen LogP contribution is 2.34. The number of rotatable bonds is 2. The van der Waals surface area contributed by atoms with Gasteiger partial charge in [0.1, 0.15) is 5.82 Å². The molecule has 0 aliphatic carbocycles. The van der Waals surface area contributed by atoms with Gasteiger partial charge >= 0.3 is 0 Å². The molecule has 2 unspecified atom stereocenters. The topological polar surface area (TPSA) is 23.5 Å². The lowest BCUT2D eigenvalue weighted by molar-refractivity contribution is 0.162. The molecule has 15 heavy (non-hydrogen) atoms. The van der Waals surface area contributed by atoms with Gasteiger partial charge in [0, 0.05) is 24.2 Å². The Morgan fingerprint density at radius 1 is 1.60 bits per heavy atom. The van der Waals surface area contributed by atoms with Crippen LogP contribution in [0.1, 0.15) is 19.4 Å². The van der Waals surface area contributed by atoms with Gasteiger partial charge in [0.15, 0.2) is 0 Å². The first-order valence-corrected chi connectivity index (χ1v) is 5.37. The van der Waals surface area contributed by atoms with E-state index >= 15 is 0 Å². The van der Waals surface area contributed by atoms with Crippen LogP contribution in [0.15, 0.2) is 18.2 Å². The second-order valence-electron chi connectivity index (χ2n) is 4.04. The molecule has 0 saturated heterocycles. The minimum atomic E-state index is -0.434. The molecule has 0 aromatic heterocycles. The highest BCUT2D eigenvalue weighted by atomic mass is 19.1. The van der Waals surface area contributed by atoms with Crippen molar-refractivity contribution in [1.82, 2.24) is 0 Å². The van der Waals surface area contributed by atoms with Crippen LogP contribution in [0.25, 0.3) is 0 Å². The van der Waals surface area contributed by atoms with Crippen LogP contribution in [0.3, 0.4) is 0 Å². The second-order valence-corrected chi connectivity index (χ2v) is 4.04. The van der Waals surface area contributed by atoms with Crippen LogP contribution in [0.4, 0.5) is 10.1 Å². The predicted molar refractivity (Wildman–Crippen MR) is 58.6 cm³/mol. The van der Waals surface area contributed by atoms with E-state index in [4.69, 9.17) is 0 Å². The number of halogens is 1. The Hall–Kier alpha value is -1.09. The third-order valence-corrected chi connectivity index (χ3v) is 3.11. The molecule has 0 amide bonds. The van der Waals surface area contributed by atoms with E-state index < -0.39 is 6.10 Å². The first-order chi connectivity index (χ1) is 7.15. The summed E-state index contributed by atoms with van der Waals surface area (Å²) in [7, 11) is 0. The monoisotopic (exact) mass is 209 g/mol. The molecule has 1 aromatic carbocycles. The second kappa shape index (κ2) is 3.81. The van der Waals surface area contributed by atoms with Crippen molar-refractivity contribution in [2.24, 2.45) is 0 Å². The van der Waals surface area contributed by atoms with Crippen LogP contribution >= 0.6 is 0 Å². The van der Waals surface area contributed by atoms with Crippen molar-refractivity contribution < 1.29 is 9.50 Å². The molecule has 0 bridgehead atoms. The molecule has 2 atom stereocenters. The van der Waals surface area contributed by atoms with Gasteiger partial charge in [-0.1, -0.05) is 6.07 Å². The summed E-state index contributed by atoms with van der Waals surface area (Å²) >= 11 is 0. The Bertz CT molecular complexity index is 365. The Morgan fingerprint density at radius 3 is 2.93 bits per heavy atom. The van der Waals surface area contributed by atoms with Crippen LogP contribution in [-0.2, 0) is 6.42 Å². The van der Waals surface area contributed by atoms with E-state index in [0.717, 1.165) is 17.8 Å². The molecular formula is C12H16FNO. The van der Waals surface area contributed by atoms with Crippen LogP contribution in [0.5, 0.6) is 0 Å². The molecule has 0 spiro atoms. The number of aliphatic hydroxyl groups excluding tert-OH is 1. The molecule has 1 aromatic rings. The minimum Gasteiger partial charge on any atom is -0.391 e. The molecule has 0 fully saturated rings. The first kappa shape index (κ1) is 10.4. The van der Waals surface area contributed by atoms with E-state index in [2.05, 4.69) is 4.90 Å². The zero-order valence-corrected chi connectivity index (χ0v) is 9.07. The standard InChI is InChI=1S/C12H16FNO/c1-3-14-11-6-4-5-10(13)9(11)7-12(14)8(2)15/h4-6,8,12,15H,3,7H2,1-2H3. The molecule has 0 radical (unpaired) electrons. The van der Waals surface area contributed by atoms with Gasteiger partial charge in [0.05, 0.1) is 12.1 Å². The third kappa shape index (κ3) is 1.61. The van der Waals surface area contributed by atoms with Crippen molar-refractivity contribution in [3.8, 4) is 0 Å². The highest BCUT2D eigenvalue weighted by Gasteiger charge is 2.32. The average Bonchev–Trinajstić information content (AvgIpc) is 2.57. The Morgan fingerprint density at radius 2 is 2.33 bits per heavy atom. The van der Waals surface area contributed by atoms with Gasteiger partial charge in [-0.25, -0.2) is 4.39 Å². The number of anilines is 1. The highest BCUT2D eigenvalue weighted by molar-refractivity contribution is 5.60. The van der Waals surface area contributed by atoms with Gasteiger partial charge in [-0.15, -0.1) is 0 Å². The molecule has 1 heterocycles. The summed E-state index contributed by atoms with van der Waals surface area (Å²) in [6.07, 6.45) is 0.171. The van der Waals surface area contributed by atoms with Crippen LogP contribution in [-0.4, -0.2) is 23.8 Å². The fourth-order valence-corrected chi connectivity index (χ4v) is 2.35. The molecule has 0 saturated carbocycles. The van der Waals surface area contributed by atoms with Gasteiger partial charge in [0.25, 0.3) is 0 Å². The molecule has 1 N–H and O–H groups in total. The summed E-state index contributed by atoms with van der Waals surface area (Å²) in [5.41, 5.74) is 1.67. The molecule has 82 valence electrons. The normalized spacial score (nSPS) is 21.6. The van der Waals surface area contributed by atoms with E-state index in [-0.39, 0.29) is 11.9 Å². The molecule has 2 nitrogen and oxygen atoms in total. The van der Waals surface area contributed by atoms with E-state index in [9.17, 15) is 9.50 Å². The lowest BCUT2D eigenvalue weighted by Crippen LogP contribution is -2.39. The first-order valence-electron chi connectivity index (χ1n) is 5.37. The quantitative estimate of drug-likeness (QED) is 0.804. The third-order valence-electron chi connectivity index (χ3n) is 3.11. The van der Waals surface area contributed by atoms with Crippen molar-refractivity contribution >= 4 is 5.69 Å². The number of benzene rings is 1. The summed E-state index contributed by atoms with van der Waals surface area (Å²) < 4.78 is 13.5. The SMILES string of the molecule is CCN1c2cccc(F)c2CC1C(C)O. The molecule has 1 aliphatic rings. The average molecular weight is 209 g/mol. The molecular weight excluding hydrogens is 193 g/mol. The van der Waals surface area contributed by atoms with Crippen molar-refractivity contribution in [3.05, 3.63) is 29.6 Å². The fourth-order valence-electron chi connectivity index (χ4n) is 2.35. The van der Waals surface area contributed by atoms with Crippen molar-refractivity contribution in [2.45, 2.75) is 32.4 Å². The Balaban J connectivity index is 2.41. The van der Waals surface area contributed by atoms with E-state index in [1.807, 2.05) is 13.0 Å². The van der Waals surface area contributed by atoms with Crippen LogP contribution < -0.4 is 4.90 Å². The summed E-state index contributed by atoms with van der Waals surface area (Å²) in [5, 5.41) is 9.65. The summed E-state index contributed by atoms with van der Waals surface area (Å²) in [5.74, 6) is -0.158. The number of aliphatic hydroxyl groups is 1.